The molecule has 5 aromatic rings. The first kappa shape index (κ1) is 15.5. The number of benzene rings is 1. The van der Waals surface area contributed by atoms with Crippen LogP contribution < -0.4 is 0 Å². The van der Waals surface area contributed by atoms with Crippen LogP contribution in [0.5, 0.6) is 0 Å². The largest absolute Gasteiger partial charge is 0.361 e. The lowest BCUT2D eigenvalue weighted by Gasteiger charge is -2.06. The summed E-state index contributed by atoms with van der Waals surface area (Å²) >= 11 is 0. The molecule has 0 saturated carbocycles. The van der Waals surface area contributed by atoms with Crippen LogP contribution in [0.1, 0.15) is 11.4 Å². The molecule has 0 amide bonds. The quantitative estimate of drug-likeness (QED) is 0.529. The van der Waals surface area contributed by atoms with Crippen LogP contribution in [-0.2, 0) is 6.54 Å². The zero-order chi connectivity index (χ0) is 18.2. The average Bonchev–Trinajstić information content (AvgIpc) is 3.43. The minimum Gasteiger partial charge on any atom is -0.361 e. The maximum atomic E-state index is 5.49. The molecule has 1 N–H and O–H groups in total. The van der Waals surface area contributed by atoms with E-state index in [4.69, 9.17) is 4.52 Å². The molecule has 132 valence electrons. The lowest BCUT2D eigenvalue weighted by molar-refractivity contribution is 0.431. The van der Waals surface area contributed by atoms with Crippen LogP contribution in [0.4, 0.5) is 0 Å². The molecule has 0 saturated heterocycles. The van der Waals surface area contributed by atoms with Crippen LogP contribution in [0.15, 0.2) is 65.7 Å². The Balaban J connectivity index is 1.49. The summed E-state index contributed by atoms with van der Waals surface area (Å²) in [4.78, 5) is 16.4. The van der Waals surface area contributed by atoms with Gasteiger partial charge in [-0.3, -0.25) is 4.98 Å². The van der Waals surface area contributed by atoms with Gasteiger partial charge in [0.15, 0.2) is 0 Å². The first-order valence-electron chi connectivity index (χ1n) is 8.61. The van der Waals surface area contributed by atoms with Crippen molar-refractivity contribution >= 4 is 10.9 Å². The number of hydrogen-bond acceptors (Lipinski definition) is 5. The van der Waals surface area contributed by atoms with Gasteiger partial charge in [0.2, 0.25) is 5.82 Å². The molecule has 0 radical (unpaired) electrons. The molecular weight excluding hydrogens is 340 g/mol. The monoisotopic (exact) mass is 356 g/mol. The van der Waals surface area contributed by atoms with Crippen molar-refractivity contribution in [2.24, 2.45) is 0 Å². The molecule has 0 unspecified atom stereocenters. The Hall–Kier alpha value is -3.74. The molecule has 4 heterocycles. The van der Waals surface area contributed by atoms with Gasteiger partial charge in [-0.15, -0.1) is 0 Å². The zero-order valence-corrected chi connectivity index (χ0v) is 14.6. The van der Waals surface area contributed by atoms with Gasteiger partial charge in [-0.25, -0.2) is 4.98 Å². The van der Waals surface area contributed by atoms with Gasteiger partial charge in [-0.05, 0) is 30.7 Å². The summed E-state index contributed by atoms with van der Waals surface area (Å²) in [6.07, 6.45) is 7.37. The zero-order valence-electron chi connectivity index (χ0n) is 14.6. The van der Waals surface area contributed by atoms with Crippen molar-refractivity contribution in [3.63, 3.8) is 0 Å². The van der Waals surface area contributed by atoms with Crippen molar-refractivity contribution in [1.82, 2.24) is 29.7 Å². The van der Waals surface area contributed by atoms with Crippen LogP contribution in [0.25, 0.3) is 33.9 Å². The molecule has 5 rings (SSSR count). The number of aromatic nitrogens is 6. The highest BCUT2D eigenvalue weighted by Crippen LogP contribution is 2.27. The van der Waals surface area contributed by atoms with E-state index in [1.165, 1.54) is 0 Å². The van der Waals surface area contributed by atoms with Crippen LogP contribution >= 0.6 is 0 Å². The lowest BCUT2D eigenvalue weighted by atomic mass is 10.1. The number of fused-ring (bicyclic) bond motifs is 1. The minimum atomic E-state index is 0.408. The molecule has 27 heavy (non-hydrogen) atoms. The number of nitrogens with one attached hydrogen (secondary N) is 1. The molecule has 7 heteroatoms. The molecule has 0 aliphatic rings. The number of hydrogen-bond donors (Lipinski definition) is 1. The summed E-state index contributed by atoms with van der Waals surface area (Å²) in [5, 5.41) is 5.11. The number of H-pyrrole nitrogens is 1. The average molecular weight is 356 g/mol. The van der Waals surface area contributed by atoms with E-state index in [-0.39, 0.29) is 0 Å². The van der Waals surface area contributed by atoms with Gasteiger partial charge in [-0.2, -0.15) is 4.98 Å². The van der Waals surface area contributed by atoms with E-state index in [2.05, 4.69) is 41.8 Å². The van der Waals surface area contributed by atoms with Gasteiger partial charge in [0.05, 0.1) is 0 Å². The maximum Gasteiger partial charge on any atom is 0.277 e. The number of pyridine rings is 1. The number of aryl methyl sites for hydroxylation is 1. The fraction of sp³-hybridized carbons (Fsp3) is 0.100. The molecule has 4 aromatic heterocycles. The highest BCUT2D eigenvalue weighted by atomic mass is 16.5. The van der Waals surface area contributed by atoms with E-state index in [1.807, 2.05) is 43.6 Å². The lowest BCUT2D eigenvalue weighted by Crippen LogP contribution is -2.00. The van der Waals surface area contributed by atoms with E-state index in [1.54, 1.807) is 12.4 Å². The predicted octanol–water partition coefficient (Wildman–Crippen LogP) is 3.83. The number of aromatic amines is 1. The second-order valence-corrected chi connectivity index (χ2v) is 6.32. The number of nitrogens with zero attached hydrogens (tertiary/aromatic N) is 5. The van der Waals surface area contributed by atoms with Crippen molar-refractivity contribution in [3.05, 3.63) is 72.6 Å². The Morgan fingerprint density at radius 3 is 2.96 bits per heavy atom. The van der Waals surface area contributed by atoms with E-state index in [9.17, 15) is 0 Å². The number of rotatable bonds is 4. The third-order valence-corrected chi connectivity index (χ3v) is 4.57. The molecule has 0 fully saturated rings. The van der Waals surface area contributed by atoms with Gasteiger partial charge in [0, 0.05) is 47.8 Å². The summed E-state index contributed by atoms with van der Waals surface area (Å²) in [5.41, 5.74) is 3.71. The third-order valence-electron chi connectivity index (χ3n) is 4.57. The van der Waals surface area contributed by atoms with Crippen molar-refractivity contribution in [2.45, 2.75) is 13.5 Å². The smallest absolute Gasteiger partial charge is 0.277 e. The maximum absolute atomic E-state index is 5.49. The first-order valence-corrected chi connectivity index (χ1v) is 8.61. The molecular formula is C20H16N6O. The summed E-state index contributed by atoms with van der Waals surface area (Å²) in [5.74, 6) is 1.93. The second kappa shape index (κ2) is 6.21. The fourth-order valence-corrected chi connectivity index (χ4v) is 3.17. The standard InChI is InChI=1S/C20H16N6O/c1-13-21-9-10-26(13)12-14-3-2-4-15(11-14)19-24-20(27-25-19)18-16-5-7-22-17(16)6-8-23-18/h2-11,22H,12H2,1H3. The molecule has 0 bridgehead atoms. The highest BCUT2D eigenvalue weighted by molar-refractivity contribution is 5.90. The molecule has 0 aliphatic carbocycles. The summed E-state index contributed by atoms with van der Waals surface area (Å²) in [6, 6.07) is 12.0. The van der Waals surface area contributed by atoms with Gasteiger partial charge in [-0.1, -0.05) is 23.4 Å². The van der Waals surface area contributed by atoms with Gasteiger partial charge >= 0.3 is 0 Å². The third kappa shape index (κ3) is 2.79. The van der Waals surface area contributed by atoms with Crippen molar-refractivity contribution in [2.75, 3.05) is 0 Å². The van der Waals surface area contributed by atoms with Crippen molar-refractivity contribution in [1.29, 1.82) is 0 Å². The highest BCUT2D eigenvalue weighted by Gasteiger charge is 2.15. The Labute approximate surface area is 154 Å². The van der Waals surface area contributed by atoms with E-state index in [0.29, 0.717) is 17.4 Å². The minimum absolute atomic E-state index is 0.408. The predicted molar refractivity (Wildman–Crippen MR) is 101 cm³/mol. The van der Waals surface area contributed by atoms with Gasteiger partial charge in [0.1, 0.15) is 11.5 Å². The molecule has 7 nitrogen and oxygen atoms in total. The SMILES string of the molecule is Cc1nccn1Cc1cccc(-c2noc(-c3nccc4[nH]ccc34)n2)c1. The van der Waals surface area contributed by atoms with Gasteiger partial charge < -0.3 is 14.1 Å². The van der Waals surface area contributed by atoms with Crippen LogP contribution in [0.3, 0.4) is 0 Å². The molecule has 0 aliphatic heterocycles. The Morgan fingerprint density at radius 1 is 1.11 bits per heavy atom. The topological polar surface area (TPSA) is 85.4 Å². The van der Waals surface area contributed by atoms with Crippen LogP contribution in [0.2, 0.25) is 0 Å². The normalized spacial score (nSPS) is 11.3. The van der Waals surface area contributed by atoms with E-state index < -0.39 is 0 Å². The molecule has 0 spiro atoms. The fourth-order valence-electron chi connectivity index (χ4n) is 3.17. The number of imidazole rings is 1. The Kier molecular flexibility index (Phi) is 3.57. The summed E-state index contributed by atoms with van der Waals surface area (Å²) in [7, 11) is 0. The van der Waals surface area contributed by atoms with Crippen molar-refractivity contribution in [3.8, 4) is 23.0 Å². The first-order chi connectivity index (χ1) is 13.3. The van der Waals surface area contributed by atoms with Crippen LogP contribution in [-0.4, -0.2) is 29.7 Å². The molecule has 1 aromatic carbocycles. The van der Waals surface area contributed by atoms with Crippen molar-refractivity contribution < 1.29 is 4.52 Å². The van der Waals surface area contributed by atoms with Crippen LogP contribution in [0, 0.1) is 6.92 Å². The molecule has 0 atom stereocenters. The second-order valence-electron chi connectivity index (χ2n) is 6.32. The summed E-state index contributed by atoms with van der Waals surface area (Å²) in [6.45, 7) is 2.73. The summed E-state index contributed by atoms with van der Waals surface area (Å²) < 4.78 is 7.59. The Bertz CT molecular complexity index is 1230. The van der Waals surface area contributed by atoms with E-state index >= 15 is 0 Å². The van der Waals surface area contributed by atoms with Gasteiger partial charge in [0.25, 0.3) is 5.89 Å². The Morgan fingerprint density at radius 2 is 2.07 bits per heavy atom. The van der Waals surface area contributed by atoms with E-state index in [0.717, 1.165) is 34.4 Å².